The molecule has 0 aromatic rings. The molecule has 0 saturated carbocycles. The van der Waals surface area contributed by atoms with Crippen molar-refractivity contribution in [3.8, 4) is 0 Å². The Kier molecular flexibility index (Phi) is 6.49. The topological polar surface area (TPSA) is 61.4 Å². The number of piperidine rings is 1. The van der Waals surface area contributed by atoms with Crippen molar-refractivity contribution in [2.75, 3.05) is 32.9 Å². The van der Waals surface area contributed by atoms with Crippen LogP contribution in [0.15, 0.2) is 0 Å². The molecule has 1 aliphatic rings. The number of hydrogen-bond acceptors (Lipinski definition) is 4. The summed E-state index contributed by atoms with van der Waals surface area (Å²) in [5.41, 5.74) is 0. The van der Waals surface area contributed by atoms with Gasteiger partial charge >= 0.3 is 0 Å². The summed E-state index contributed by atoms with van der Waals surface area (Å²) >= 11 is 1.69. The molecule has 0 spiro atoms. The van der Waals surface area contributed by atoms with E-state index >= 15 is 0 Å². The second kappa shape index (κ2) is 7.63. The van der Waals surface area contributed by atoms with Gasteiger partial charge in [0.05, 0.1) is 5.75 Å². The molecule has 104 valence electrons. The molecule has 1 saturated heterocycles. The van der Waals surface area contributed by atoms with Crippen LogP contribution in [-0.2, 0) is 9.59 Å². The van der Waals surface area contributed by atoms with Crippen LogP contribution in [0.1, 0.15) is 19.8 Å². The van der Waals surface area contributed by atoms with Gasteiger partial charge in [0.15, 0.2) is 0 Å². The summed E-state index contributed by atoms with van der Waals surface area (Å²) in [5, 5.41) is 6.60. The highest BCUT2D eigenvalue weighted by Crippen LogP contribution is 2.19. The number of amides is 2. The van der Waals surface area contributed by atoms with E-state index < -0.39 is 6.04 Å². The van der Waals surface area contributed by atoms with Crippen LogP contribution in [0.25, 0.3) is 0 Å². The Morgan fingerprint density at radius 1 is 1.39 bits per heavy atom. The Bertz CT molecular complexity index is 291. The molecule has 0 aromatic heterocycles. The second-order valence-electron chi connectivity index (χ2n) is 4.78. The molecule has 18 heavy (non-hydrogen) atoms. The van der Waals surface area contributed by atoms with Gasteiger partial charge in [-0.05, 0) is 32.9 Å². The summed E-state index contributed by atoms with van der Waals surface area (Å²) in [6.45, 7) is 3.79. The van der Waals surface area contributed by atoms with E-state index in [2.05, 4.69) is 10.6 Å². The van der Waals surface area contributed by atoms with Crippen molar-refractivity contribution >= 4 is 23.6 Å². The van der Waals surface area contributed by atoms with Crippen molar-refractivity contribution < 1.29 is 9.59 Å². The van der Waals surface area contributed by atoms with Gasteiger partial charge in [-0.25, -0.2) is 0 Å². The third-order valence-electron chi connectivity index (χ3n) is 2.93. The molecule has 1 fully saturated rings. The fraction of sp³-hybridized carbons (Fsp3) is 0.833. The van der Waals surface area contributed by atoms with E-state index in [1.165, 1.54) is 4.90 Å². The van der Waals surface area contributed by atoms with Crippen molar-refractivity contribution in [1.82, 2.24) is 15.5 Å². The van der Waals surface area contributed by atoms with Gasteiger partial charge in [0.2, 0.25) is 11.8 Å². The fourth-order valence-corrected chi connectivity index (χ4v) is 2.93. The Labute approximate surface area is 113 Å². The first-order valence-corrected chi connectivity index (χ1v) is 7.38. The number of carbonyl (C=O) groups is 2. The normalized spacial score (nSPS) is 18.2. The zero-order valence-corrected chi connectivity index (χ0v) is 12.2. The lowest BCUT2D eigenvalue weighted by Crippen LogP contribution is -2.45. The molecule has 1 atom stereocenters. The van der Waals surface area contributed by atoms with Gasteiger partial charge in [-0.3, -0.25) is 9.59 Å². The summed E-state index contributed by atoms with van der Waals surface area (Å²) in [4.78, 5) is 24.8. The predicted octanol–water partition coefficient (Wildman–Crippen LogP) is 0.0645. The van der Waals surface area contributed by atoms with Gasteiger partial charge in [-0.2, -0.15) is 0 Å². The number of likely N-dealkylation sites (N-methyl/N-ethyl adjacent to an activating group) is 1. The van der Waals surface area contributed by atoms with Gasteiger partial charge < -0.3 is 15.5 Å². The molecular formula is C12H23N3O2S. The summed E-state index contributed by atoms with van der Waals surface area (Å²) in [5.74, 6) is 0.312. The SMILES string of the molecule is CC(NC(=O)CSC1CCNCC1)C(=O)N(C)C. The minimum atomic E-state index is -0.443. The van der Waals surface area contributed by atoms with E-state index in [1.807, 2.05) is 0 Å². The maximum atomic E-state index is 11.7. The molecule has 5 nitrogen and oxygen atoms in total. The highest BCUT2D eigenvalue weighted by atomic mass is 32.2. The first-order chi connectivity index (χ1) is 8.50. The van der Waals surface area contributed by atoms with Crippen LogP contribution in [-0.4, -0.2) is 60.9 Å². The molecular weight excluding hydrogens is 250 g/mol. The summed E-state index contributed by atoms with van der Waals surface area (Å²) in [6.07, 6.45) is 2.23. The third-order valence-corrected chi connectivity index (χ3v) is 4.30. The number of hydrogen-bond donors (Lipinski definition) is 2. The molecule has 1 unspecified atom stereocenters. The molecule has 0 aliphatic carbocycles. The molecule has 1 aliphatic heterocycles. The predicted molar refractivity (Wildman–Crippen MR) is 74.6 cm³/mol. The average molecular weight is 273 g/mol. The number of thioether (sulfide) groups is 1. The molecule has 6 heteroatoms. The number of nitrogens with one attached hydrogen (secondary N) is 2. The lowest BCUT2D eigenvalue weighted by Gasteiger charge is -2.22. The smallest absolute Gasteiger partial charge is 0.244 e. The minimum Gasteiger partial charge on any atom is -0.347 e. The van der Waals surface area contributed by atoms with Crippen molar-refractivity contribution in [2.24, 2.45) is 0 Å². The molecule has 0 bridgehead atoms. The van der Waals surface area contributed by atoms with Gasteiger partial charge in [0.25, 0.3) is 0 Å². The van der Waals surface area contributed by atoms with Crippen molar-refractivity contribution in [3.05, 3.63) is 0 Å². The van der Waals surface area contributed by atoms with Gasteiger partial charge in [-0.15, -0.1) is 11.8 Å². The molecule has 0 aromatic carbocycles. The van der Waals surface area contributed by atoms with Crippen LogP contribution in [0.5, 0.6) is 0 Å². The number of carbonyl (C=O) groups excluding carboxylic acids is 2. The Hall–Kier alpha value is -0.750. The van der Waals surface area contributed by atoms with Crippen LogP contribution in [0.3, 0.4) is 0 Å². The van der Waals surface area contributed by atoms with E-state index in [0.29, 0.717) is 11.0 Å². The minimum absolute atomic E-state index is 0.0544. The molecule has 1 rings (SSSR count). The van der Waals surface area contributed by atoms with Crippen molar-refractivity contribution in [1.29, 1.82) is 0 Å². The standard InChI is InChI=1S/C12H23N3O2S/c1-9(12(17)15(2)3)14-11(16)8-18-10-4-6-13-7-5-10/h9-10,13H,4-8H2,1-3H3,(H,14,16). The Morgan fingerprint density at radius 2 is 2.00 bits per heavy atom. The van der Waals surface area contributed by atoms with E-state index in [0.717, 1.165) is 25.9 Å². The molecule has 0 radical (unpaired) electrons. The first kappa shape index (κ1) is 15.3. The summed E-state index contributed by atoms with van der Waals surface area (Å²) in [6, 6.07) is -0.443. The highest BCUT2D eigenvalue weighted by molar-refractivity contribution is 8.00. The van der Waals surface area contributed by atoms with Crippen LogP contribution < -0.4 is 10.6 Å². The fourth-order valence-electron chi connectivity index (χ4n) is 1.89. The molecule has 2 amide bonds. The van der Waals surface area contributed by atoms with Crippen LogP contribution in [0, 0.1) is 0 Å². The van der Waals surface area contributed by atoms with Crippen LogP contribution in [0.4, 0.5) is 0 Å². The zero-order chi connectivity index (χ0) is 13.5. The number of nitrogens with zero attached hydrogens (tertiary/aromatic N) is 1. The Balaban J connectivity index is 2.22. The van der Waals surface area contributed by atoms with E-state index in [4.69, 9.17) is 0 Å². The van der Waals surface area contributed by atoms with Crippen LogP contribution >= 0.6 is 11.8 Å². The van der Waals surface area contributed by atoms with E-state index in [-0.39, 0.29) is 11.8 Å². The summed E-state index contributed by atoms with van der Waals surface area (Å²) < 4.78 is 0. The monoisotopic (exact) mass is 273 g/mol. The summed E-state index contributed by atoms with van der Waals surface area (Å²) in [7, 11) is 3.38. The van der Waals surface area contributed by atoms with Crippen molar-refractivity contribution in [3.63, 3.8) is 0 Å². The Morgan fingerprint density at radius 3 is 2.56 bits per heavy atom. The van der Waals surface area contributed by atoms with Gasteiger partial charge in [-0.1, -0.05) is 0 Å². The molecule has 1 heterocycles. The van der Waals surface area contributed by atoms with Gasteiger partial charge in [0.1, 0.15) is 6.04 Å². The highest BCUT2D eigenvalue weighted by Gasteiger charge is 2.19. The maximum Gasteiger partial charge on any atom is 0.244 e. The molecule has 2 N–H and O–H groups in total. The van der Waals surface area contributed by atoms with E-state index in [1.54, 1.807) is 32.8 Å². The maximum absolute atomic E-state index is 11.7. The zero-order valence-electron chi connectivity index (χ0n) is 11.4. The lowest BCUT2D eigenvalue weighted by atomic mass is 10.2. The van der Waals surface area contributed by atoms with Gasteiger partial charge in [0, 0.05) is 19.3 Å². The van der Waals surface area contributed by atoms with E-state index in [9.17, 15) is 9.59 Å². The van der Waals surface area contributed by atoms with Crippen LogP contribution in [0.2, 0.25) is 0 Å². The van der Waals surface area contributed by atoms with Crippen molar-refractivity contribution in [2.45, 2.75) is 31.1 Å². The second-order valence-corrected chi connectivity index (χ2v) is 6.07. The quantitative estimate of drug-likeness (QED) is 0.744. The largest absolute Gasteiger partial charge is 0.347 e. The average Bonchev–Trinajstić information content (AvgIpc) is 2.36. The number of rotatable bonds is 5. The third kappa shape index (κ3) is 5.27. The lowest BCUT2D eigenvalue weighted by molar-refractivity contribution is -0.133. The first-order valence-electron chi connectivity index (χ1n) is 6.33.